The molecule has 0 spiro atoms. The molecule has 0 fully saturated rings. The lowest BCUT2D eigenvalue weighted by Crippen LogP contribution is -2.42. The summed E-state index contributed by atoms with van der Waals surface area (Å²) in [5.41, 5.74) is 1.86. The van der Waals surface area contributed by atoms with E-state index in [0.29, 0.717) is 5.11 Å². The first-order chi connectivity index (χ1) is 10.9. The third-order valence-corrected chi connectivity index (χ3v) is 4.48. The van der Waals surface area contributed by atoms with E-state index >= 15 is 0 Å². The molecule has 5 heteroatoms. The van der Waals surface area contributed by atoms with Crippen LogP contribution in [0.4, 0.5) is 5.69 Å². The molecular formula is C18H19BrN2OS. The molecule has 120 valence electrons. The lowest BCUT2D eigenvalue weighted by atomic mass is 9.90. The average molecular weight is 391 g/mol. The molecule has 1 heterocycles. The Morgan fingerprint density at radius 3 is 2.70 bits per heavy atom. The maximum Gasteiger partial charge on any atom is 0.171 e. The Kier molecular flexibility index (Phi) is 4.60. The second-order valence-electron chi connectivity index (χ2n) is 6.27. The SMILES string of the molecule is CC1(C)C[C@@H](NC(=S)Nc2ccccc2)c2cc(Br)ccc2O1. The van der Waals surface area contributed by atoms with Crippen LogP contribution in [-0.2, 0) is 0 Å². The number of thiocarbonyl (C=S) groups is 1. The van der Waals surface area contributed by atoms with Crippen molar-refractivity contribution in [2.24, 2.45) is 0 Å². The molecule has 2 aromatic rings. The highest BCUT2D eigenvalue weighted by Crippen LogP contribution is 2.40. The number of fused-ring (bicyclic) bond motifs is 1. The molecule has 0 radical (unpaired) electrons. The van der Waals surface area contributed by atoms with Gasteiger partial charge in [0.2, 0.25) is 0 Å². The lowest BCUT2D eigenvalue weighted by Gasteiger charge is -2.38. The minimum Gasteiger partial charge on any atom is -0.487 e. The fraction of sp³-hybridized carbons (Fsp3) is 0.278. The van der Waals surface area contributed by atoms with Gasteiger partial charge >= 0.3 is 0 Å². The standard InChI is InChI=1S/C18H19BrN2OS/c1-18(2)11-15(14-10-12(19)8-9-16(14)22-18)21-17(23)20-13-6-4-3-5-7-13/h3-10,15H,11H2,1-2H3,(H2,20,21,23)/t15-/m1/s1. The number of anilines is 1. The van der Waals surface area contributed by atoms with Crippen molar-refractivity contribution < 1.29 is 4.74 Å². The first-order valence-corrected chi connectivity index (χ1v) is 8.74. The molecule has 3 nitrogen and oxygen atoms in total. The summed E-state index contributed by atoms with van der Waals surface area (Å²) in [5.74, 6) is 0.907. The van der Waals surface area contributed by atoms with Crippen molar-refractivity contribution in [2.45, 2.75) is 31.9 Å². The molecule has 1 aliphatic rings. The Labute approximate surface area is 150 Å². The average Bonchev–Trinajstić information content (AvgIpc) is 2.48. The summed E-state index contributed by atoms with van der Waals surface area (Å²) < 4.78 is 7.12. The zero-order valence-corrected chi connectivity index (χ0v) is 15.5. The molecule has 2 aromatic carbocycles. The van der Waals surface area contributed by atoms with Crippen molar-refractivity contribution in [2.75, 3.05) is 5.32 Å². The van der Waals surface area contributed by atoms with E-state index < -0.39 is 0 Å². The summed E-state index contributed by atoms with van der Waals surface area (Å²) in [6.45, 7) is 4.20. The Morgan fingerprint density at radius 1 is 1.22 bits per heavy atom. The second kappa shape index (κ2) is 6.49. The summed E-state index contributed by atoms with van der Waals surface area (Å²) in [5, 5.41) is 7.27. The number of ether oxygens (including phenoxy) is 1. The Bertz CT molecular complexity index is 718. The highest BCUT2D eigenvalue weighted by atomic mass is 79.9. The third-order valence-electron chi connectivity index (χ3n) is 3.77. The molecule has 1 atom stereocenters. The zero-order valence-electron chi connectivity index (χ0n) is 13.1. The van der Waals surface area contributed by atoms with Crippen LogP contribution in [0.25, 0.3) is 0 Å². The molecule has 0 aliphatic carbocycles. The quantitative estimate of drug-likeness (QED) is 0.703. The van der Waals surface area contributed by atoms with Gasteiger partial charge in [0.25, 0.3) is 0 Å². The number of hydrogen-bond acceptors (Lipinski definition) is 2. The summed E-state index contributed by atoms with van der Waals surface area (Å²) in [7, 11) is 0. The van der Waals surface area contributed by atoms with E-state index in [1.54, 1.807) is 0 Å². The van der Waals surface area contributed by atoms with Gasteiger partial charge in [-0.1, -0.05) is 34.1 Å². The fourth-order valence-corrected chi connectivity index (χ4v) is 3.44. The number of nitrogens with one attached hydrogen (secondary N) is 2. The van der Waals surface area contributed by atoms with Gasteiger partial charge in [0.15, 0.2) is 5.11 Å². The van der Waals surface area contributed by atoms with Crippen LogP contribution in [0.15, 0.2) is 53.0 Å². The summed E-state index contributed by atoms with van der Waals surface area (Å²) in [6, 6.07) is 16.1. The summed E-state index contributed by atoms with van der Waals surface area (Å²) >= 11 is 9.01. The van der Waals surface area contributed by atoms with E-state index in [1.165, 1.54) is 0 Å². The minimum atomic E-state index is -0.235. The smallest absolute Gasteiger partial charge is 0.171 e. The van der Waals surface area contributed by atoms with Gasteiger partial charge in [0.05, 0.1) is 6.04 Å². The van der Waals surface area contributed by atoms with E-state index in [1.807, 2.05) is 42.5 Å². The molecule has 0 saturated heterocycles. The number of halogens is 1. The van der Waals surface area contributed by atoms with Crippen molar-refractivity contribution in [3.8, 4) is 5.75 Å². The third kappa shape index (κ3) is 4.03. The predicted molar refractivity (Wildman–Crippen MR) is 102 cm³/mol. The van der Waals surface area contributed by atoms with Crippen molar-refractivity contribution >= 4 is 38.9 Å². The van der Waals surface area contributed by atoms with Gasteiger partial charge in [-0.15, -0.1) is 0 Å². The zero-order chi connectivity index (χ0) is 16.4. The molecule has 23 heavy (non-hydrogen) atoms. The van der Waals surface area contributed by atoms with Crippen LogP contribution in [0, 0.1) is 0 Å². The topological polar surface area (TPSA) is 33.3 Å². The first-order valence-electron chi connectivity index (χ1n) is 7.54. The van der Waals surface area contributed by atoms with E-state index in [-0.39, 0.29) is 11.6 Å². The van der Waals surface area contributed by atoms with E-state index in [9.17, 15) is 0 Å². The Balaban J connectivity index is 1.79. The Morgan fingerprint density at radius 2 is 1.96 bits per heavy atom. The normalized spacial score (nSPS) is 18.5. The lowest BCUT2D eigenvalue weighted by molar-refractivity contribution is 0.0696. The summed E-state index contributed by atoms with van der Waals surface area (Å²) in [4.78, 5) is 0. The van der Waals surface area contributed by atoms with Gasteiger partial charge < -0.3 is 15.4 Å². The minimum absolute atomic E-state index is 0.106. The van der Waals surface area contributed by atoms with Crippen LogP contribution in [0.5, 0.6) is 5.75 Å². The highest BCUT2D eigenvalue weighted by Gasteiger charge is 2.34. The predicted octanol–water partition coefficient (Wildman–Crippen LogP) is 5.04. The van der Waals surface area contributed by atoms with Gasteiger partial charge in [-0.2, -0.15) is 0 Å². The van der Waals surface area contributed by atoms with Crippen LogP contribution in [-0.4, -0.2) is 10.7 Å². The monoisotopic (exact) mass is 390 g/mol. The Hall–Kier alpha value is -1.59. The largest absolute Gasteiger partial charge is 0.487 e. The van der Waals surface area contributed by atoms with Crippen molar-refractivity contribution in [3.63, 3.8) is 0 Å². The van der Waals surface area contributed by atoms with Crippen LogP contribution < -0.4 is 15.4 Å². The van der Waals surface area contributed by atoms with Gasteiger partial charge in [-0.3, -0.25) is 0 Å². The first kappa shape index (κ1) is 16.3. The number of para-hydroxylation sites is 1. The van der Waals surface area contributed by atoms with Crippen molar-refractivity contribution in [3.05, 3.63) is 58.6 Å². The van der Waals surface area contributed by atoms with Crippen molar-refractivity contribution in [1.29, 1.82) is 0 Å². The highest BCUT2D eigenvalue weighted by molar-refractivity contribution is 9.10. The van der Waals surface area contributed by atoms with E-state index in [2.05, 4.69) is 46.5 Å². The summed E-state index contributed by atoms with van der Waals surface area (Å²) in [6.07, 6.45) is 0.840. The van der Waals surface area contributed by atoms with Gasteiger partial charge in [0.1, 0.15) is 11.4 Å². The molecule has 0 saturated carbocycles. The van der Waals surface area contributed by atoms with Crippen molar-refractivity contribution in [1.82, 2.24) is 5.32 Å². The molecule has 0 amide bonds. The molecule has 0 aromatic heterocycles. The van der Waals surface area contributed by atoms with Gasteiger partial charge in [-0.05, 0) is 56.4 Å². The maximum atomic E-state index is 6.08. The molecule has 3 rings (SSSR count). The van der Waals surface area contributed by atoms with Crippen LogP contribution in [0.2, 0.25) is 0 Å². The van der Waals surface area contributed by atoms with Gasteiger partial charge in [0, 0.05) is 22.1 Å². The molecule has 0 bridgehead atoms. The molecule has 2 N–H and O–H groups in total. The number of benzene rings is 2. The van der Waals surface area contributed by atoms with Crippen LogP contribution >= 0.6 is 28.1 Å². The van der Waals surface area contributed by atoms with Crippen LogP contribution in [0.3, 0.4) is 0 Å². The van der Waals surface area contributed by atoms with E-state index in [4.69, 9.17) is 17.0 Å². The van der Waals surface area contributed by atoms with E-state index in [0.717, 1.165) is 27.9 Å². The molecule has 1 aliphatic heterocycles. The van der Waals surface area contributed by atoms with Crippen LogP contribution in [0.1, 0.15) is 31.9 Å². The van der Waals surface area contributed by atoms with Gasteiger partial charge in [-0.25, -0.2) is 0 Å². The number of hydrogen-bond donors (Lipinski definition) is 2. The number of rotatable bonds is 2. The molecular weight excluding hydrogens is 372 g/mol. The maximum absolute atomic E-state index is 6.08. The molecule has 0 unspecified atom stereocenters. The second-order valence-corrected chi connectivity index (χ2v) is 7.59. The fourth-order valence-electron chi connectivity index (χ4n) is 2.80.